The van der Waals surface area contributed by atoms with Crippen molar-refractivity contribution in [1.29, 1.82) is 0 Å². The summed E-state index contributed by atoms with van der Waals surface area (Å²) in [5.41, 5.74) is 6.74. The number of carbonyl (C=O) groups excluding carboxylic acids is 1. The van der Waals surface area contributed by atoms with Crippen molar-refractivity contribution in [3.63, 3.8) is 0 Å². The van der Waals surface area contributed by atoms with Crippen molar-refractivity contribution in [3.8, 4) is 0 Å². The average molecular weight is 241 g/mol. The van der Waals surface area contributed by atoms with Crippen molar-refractivity contribution in [2.24, 2.45) is 0 Å². The summed E-state index contributed by atoms with van der Waals surface area (Å²) in [6.45, 7) is 6.78. The molecule has 0 aliphatic rings. The Morgan fingerprint density at radius 2 is 1.73 bits per heavy atom. The van der Waals surface area contributed by atoms with E-state index >= 15 is 0 Å². The average Bonchev–Trinajstić information content (AvgIpc) is 2.25. The predicted octanol–water partition coefficient (Wildman–Crippen LogP) is 0.268. The second-order valence-corrected chi connectivity index (χ2v) is 2.94. The van der Waals surface area contributed by atoms with Gasteiger partial charge in [0.05, 0.1) is 0 Å². The number of hydrogen-bond donors (Lipinski definition) is 1. The summed E-state index contributed by atoms with van der Waals surface area (Å²) in [5.74, 6) is -0.162. The van der Waals surface area contributed by atoms with Crippen molar-refractivity contribution in [2.45, 2.75) is 52.9 Å². The molecule has 0 heterocycles. The first-order chi connectivity index (χ1) is 6.81. The molecule has 3 nitrogen and oxygen atoms in total. The SMILES string of the molecule is CC.CCCCCCCNC(=O)C[NH-].[H-].[K+]. The summed E-state index contributed by atoms with van der Waals surface area (Å²) in [5, 5.41) is 2.68. The Hall–Kier alpha value is 1.07. The third kappa shape index (κ3) is 21.0. The zero-order valence-corrected chi connectivity index (χ0v) is 14.0. The van der Waals surface area contributed by atoms with Gasteiger partial charge in [-0.1, -0.05) is 53.0 Å². The van der Waals surface area contributed by atoms with Crippen LogP contribution in [0.1, 0.15) is 54.3 Å². The minimum Gasteiger partial charge on any atom is -1.00 e. The van der Waals surface area contributed by atoms with Crippen molar-refractivity contribution in [2.75, 3.05) is 13.1 Å². The van der Waals surface area contributed by atoms with E-state index in [0.717, 1.165) is 13.0 Å². The summed E-state index contributed by atoms with van der Waals surface area (Å²) < 4.78 is 0. The molecule has 0 bridgehead atoms. The Morgan fingerprint density at radius 1 is 1.20 bits per heavy atom. The van der Waals surface area contributed by atoms with Gasteiger partial charge in [0.2, 0.25) is 0 Å². The van der Waals surface area contributed by atoms with E-state index < -0.39 is 0 Å². The number of unbranched alkanes of at least 4 members (excludes halogenated alkanes) is 4. The molecule has 15 heavy (non-hydrogen) atoms. The van der Waals surface area contributed by atoms with Crippen molar-refractivity contribution >= 4 is 5.91 Å². The minimum absolute atomic E-state index is 0. The van der Waals surface area contributed by atoms with Crippen LogP contribution in [0.15, 0.2) is 0 Å². The Balaban J connectivity index is -0.000000169. The Bertz CT molecular complexity index is 127. The quantitative estimate of drug-likeness (QED) is 0.505. The van der Waals surface area contributed by atoms with E-state index in [0.29, 0.717) is 0 Å². The van der Waals surface area contributed by atoms with Crippen molar-refractivity contribution in [3.05, 3.63) is 5.73 Å². The van der Waals surface area contributed by atoms with E-state index in [-0.39, 0.29) is 65.3 Å². The molecule has 88 valence electrons. The maximum Gasteiger partial charge on any atom is 1.00 e. The maximum atomic E-state index is 10.6. The fraction of sp³-hybridized carbons (Fsp3) is 0.909. The van der Waals surface area contributed by atoms with Gasteiger partial charge in [0.1, 0.15) is 0 Å². The number of carbonyl (C=O) groups is 1. The molecule has 1 amide bonds. The molecule has 4 heteroatoms. The first kappa shape index (κ1) is 21.4. The van der Waals surface area contributed by atoms with Crippen LogP contribution in [0.4, 0.5) is 0 Å². The van der Waals surface area contributed by atoms with Crippen LogP contribution >= 0.6 is 0 Å². The van der Waals surface area contributed by atoms with Crippen molar-refractivity contribution in [1.82, 2.24) is 5.32 Å². The first-order valence-corrected chi connectivity index (χ1v) is 5.72. The number of rotatable bonds is 7. The van der Waals surface area contributed by atoms with Gasteiger partial charge in [-0.25, -0.2) is 0 Å². The van der Waals surface area contributed by atoms with Gasteiger partial charge in [-0.15, -0.1) is 0 Å². The van der Waals surface area contributed by atoms with Crippen LogP contribution in [0.3, 0.4) is 0 Å². The first-order valence-electron chi connectivity index (χ1n) is 5.72. The van der Waals surface area contributed by atoms with Crippen LogP contribution in [0, 0.1) is 0 Å². The maximum absolute atomic E-state index is 10.6. The van der Waals surface area contributed by atoms with Gasteiger partial charge in [-0.2, -0.15) is 0 Å². The smallest absolute Gasteiger partial charge is 1.00 e. The summed E-state index contributed by atoms with van der Waals surface area (Å²) in [6, 6.07) is 0. The summed E-state index contributed by atoms with van der Waals surface area (Å²) >= 11 is 0. The third-order valence-corrected chi connectivity index (χ3v) is 1.76. The fourth-order valence-corrected chi connectivity index (χ4v) is 1.02. The fourth-order valence-electron chi connectivity index (χ4n) is 1.02. The zero-order chi connectivity index (χ0) is 11.2. The molecular weight excluding hydrogens is 215 g/mol. The van der Waals surface area contributed by atoms with Gasteiger partial charge in [0.25, 0.3) is 0 Å². The van der Waals surface area contributed by atoms with E-state index in [4.69, 9.17) is 5.73 Å². The molecule has 0 aromatic carbocycles. The van der Waals surface area contributed by atoms with Gasteiger partial charge >= 0.3 is 51.4 Å². The molecule has 0 atom stereocenters. The summed E-state index contributed by atoms with van der Waals surface area (Å²) in [7, 11) is 0. The summed E-state index contributed by atoms with van der Waals surface area (Å²) in [6.07, 6.45) is 6.02. The van der Waals surface area contributed by atoms with E-state index in [9.17, 15) is 4.79 Å². The molecule has 0 rings (SSSR count). The van der Waals surface area contributed by atoms with E-state index in [2.05, 4.69) is 12.2 Å². The zero-order valence-electron chi connectivity index (χ0n) is 11.9. The normalized spacial score (nSPS) is 8.27. The van der Waals surface area contributed by atoms with Gasteiger partial charge < -0.3 is 12.5 Å². The van der Waals surface area contributed by atoms with E-state index in [1.807, 2.05) is 13.8 Å². The van der Waals surface area contributed by atoms with Crippen LogP contribution in [0.25, 0.3) is 5.73 Å². The second-order valence-electron chi connectivity index (χ2n) is 2.94. The number of nitrogens with one attached hydrogen (secondary N) is 2. The molecule has 0 aliphatic heterocycles. The topological polar surface area (TPSA) is 52.9 Å². The molecule has 0 fully saturated rings. The van der Waals surface area contributed by atoms with Crippen LogP contribution in [-0.4, -0.2) is 19.0 Å². The standard InChI is InChI=1S/C9H19N2O.C2H6.K.H/c1-2-3-4-5-6-7-11-9(12)8-10;1-2;;/h10H,2-8H2,1H3,(H,11,12);1-2H3;;/q-1;;+1;-1. The molecule has 0 spiro atoms. The molecule has 0 aromatic heterocycles. The second kappa shape index (κ2) is 20.5. The molecule has 0 saturated carbocycles. The Morgan fingerprint density at radius 3 is 2.20 bits per heavy atom. The Labute approximate surface area is 139 Å². The molecule has 0 radical (unpaired) electrons. The van der Waals surface area contributed by atoms with Crippen LogP contribution in [-0.2, 0) is 4.79 Å². The third-order valence-electron chi connectivity index (χ3n) is 1.76. The van der Waals surface area contributed by atoms with Gasteiger partial charge in [0.15, 0.2) is 5.91 Å². The summed E-state index contributed by atoms with van der Waals surface area (Å²) in [4.78, 5) is 10.6. The molecular formula is C11H26KN2O-. The van der Waals surface area contributed by atoms with E-state index in [1.165, 1.54) is 25.7 Å². The minimum atomic E-state index is -0.162. The monoisotopic (exact) mass is 241 g/mol. The van der Waals surface area contributed by atoms with Crippen LogP contribution in [0.2, 0.25) is 0 Å². The van der Waals surface area contributed by atoms with Gasteiger partial charge in [0, 0.05) is 6.54 Å². The molecule has 0 unspecified atom stereocenters. The molecule has 0 aromatic rings. The van der Waals surface area contributed by atoms with E-state index in [1.54, 1.807) is 0 Å². The molecule has 2 N–H and O–H groups in total. The molecule has 0 aliphatic carbocycles. The number of amides is 1. The largest absolute Gasteiger partial charge is 1.00 e. The van der Waals surface area contributed by atoms with Crippen molar-refractivity contribution < 1.29 is 57.6 Å². The number of hydrogen-bond acceptors (Lipinski definition) is 1. The van der Waals surface area contributed by atoms with Crippen LogP contribution in [0.5, 0.6) is 0 Å². The van der Waals surface area contributed by atoms with Gasteiger partial charge in [-0.3, -0.25) is 4.79 Å². The predicted molar refractivity (Wildman–Crippen MR) is 63.4 cm³/mol. The Kier molecular flexibility index (Phi) is 29.2. The molecule has 0 saturated heterocycles. The van der Waals surface area contributed by atoms with Gasteiger partial charge in [-0.05, 0) is 6.42 Å². The van der Waals surface area contributed by atoms with Crippen LogP contribution < -0.4 is 56.7 Å².